The van der Waals surface area contributed by atoms with E-state index in [0.29, 0.717) is 4.90 Å². The average molecular weight is 428 g/mol. The molecule has 2 heterocycles. The van der Waals surface area contributed by atoms with Crippen LogP contribution in [-0.2, 0) is 16.6 Å². The maximum atomic E-state index is 13.6. The highest BCUT2D eigenvalue weighted by Gasteiger charge is 2.42. The summed E-state index contributed by atoms with van der Waals surface area (Å²) in [6.45, 7) is 2.74. The molecule has 0 saturated carbocycles. The van der Waals surface area contributed by atoms with Crippen LogP contribution in [0.4, 0.5) is 4.39 Å². The molecule has 2 unspecified atom stereocenters. The molecule has 5 nitrogen and oxygen atoms in total. The molecule has 0 amide bonds. The molecule has 1 aliphatic heterocycles. The number of benzene rings is 2. The van der Waals surface area contributed by atoms with Gasteiger partial charge in [-0.3, -0.25) is 0 Å². The third-order valence-corrected chi connectivity index (χ3v) is 7.78. The van der Waals surface area contributed by atoms with Crippen molar-refractivity contribution in [2.24, 2.45) is 0 Å². The van der Waals surface area contributed by atoms with Crippen molar-refractivity contribution in [2.45, 2.75) is 56.1 Å². The number of sulfonamides is 1. The molecular formula is C23H26FN3O2S. The van der Waals surface area contributed by atoms with Gasteiger partial charge in [-0.1, -0.05) is 29.8 Å². The second-order valence-corrected chi connectivity index (χ2v) is 9.73. The van der Waals surface area contributed by atoms with Gasteiger partial charge in [0.25, 0.3) is 0 Å². The molecule has 4 rings (SSSR count). The summed E-state index contributed by atoms with van der Waals surface area (Å²) in [5, 5.41) is 0. The van der Waals surface area contributed by atoms with E-state index >= 15 is 0 Å². The smallest absolute Gasteiger partial charge is 0.243 e. The van der Waals surface area contributed by atoms with Crippen molar-refractivity contribution in [1.82, 2.24) is 13.9 Å². The minimum absolute atomic E-state index is 0.0881. The molecule has 158 valence electrons. The molecule has 1 fully saturated rings. The van der Waals surface area contributed by atoms with Gasteiger partial charge in [-0.2, -0.15) is 4.31 Å². The minimum Gasteiger partial charge on any atom is -0.337 e. The molecule has 7 heteroatoms. The Bertz CT molecular complexity index is 1060. The zero-order valence-corrected chi connectivity index (χ0v) is 17.8. The quantitative estimate of drug-likeness (QED) is 0.549. The van der Waals surface area contributed by atoms with Gasteiger partial charge >= 0.3 is 0 Å². The summed E-state index contributed by atoms with van der Waals surface area (Å²) >= 11 is 0. The second kappa shape index (κ2) is 8.70. The van der Waals surface area contributed by atoms with E-state index in [1.54, 1.807) is 41.1 Å². The van der Waals surface area contributed by atoms with Crippen LogP contribution < -0.4 is 0 Å². The molecule has 30 heavy (non-hydrogen) atoms. The molecule has 2 aromatic carbocycles. The number of aromatic nitrogens is 2. The van der Waals surface area contributed by atoms with Crippen LogP contribution in [0.2, 0.25) is 0 Å². The fourth-order valence-electron chi connectivity index (χ4n) is 4.25. The zero-order chi connectivity index (χ0) is 21.1. The van der Waals surface area contributed by atoms with Gasteiger partial charge in [0.1, 0.15) is 5.82 Å². The summed E-state index contributed by atoms with van der Waals surface area (Å²) in [4.78, 5) is 4.37. The van der Waals surface area contributed by atoms with E-state index in [1.807, 2.05) is 29.8 Å². The molecule has 0 aliphatic carbocycles. The largest absolute Gasteiger partial charge is 0.337 e. The molecule has 1 aromatic heterocycles. The van der Waals surface area contributed by atoms with Gasteiger partial charge in [-0.05, 0) is 62.4 Å². The van der Waals surface area contributed by atoms with Crippen LogP contribution in [0.15, 0.2) is 72.1 Å². The average Bonchev–Trinajstić information content (AvgIpc) is 3.39. The van der Waals surface area contributed by atoms with Crippen LogP contribution in [0.25, 0.3) is 0 Å². The van der Waals surface area contributed by atoms with E-state index in [2.05, 4.69) is 4.98 Å². The van der Waals surface area contributed by atoms with Crippen molar-refractivity contribution in [1.29, 1.82) is 0 Å². The minimum atomic E-state index is -3.68. The highest BCUT2D eigenvalue weighted by atomic mass is 32.2. The molecule has 0 N–H and O–H groups in total. The van der Waals surface area contributed by atoms with Crippen molar-refractivity contribution < 1.29 is 12.8 Å². The first kappa shape index (κ1) is 20.8. The van der Waals surface area contributed by atoms with Crippen LogP contribution in [0, 0.1) is 12.7 Å². The van der Waals surface area contributed by atoms with Gasteiger partial charge in [0.15, 0.2) is 0 Å². The van der Waals surface area contributed by atoms with Crippen molar-refractivity contribution in [3.05, 3.63) is 84.2 Å². The van der Waals surface area contributed by atoms with E-state index in [1.165, 1.54) is 12.1 Å². The Balaban J connectivity index is 1.62. The lowest BCUT2D eigenvalue weighted by Crippen LogP contribution is -2.37. The Morgan fingerprint density at radius 2 is 1.80 bits per heavy atom. The second-order valence-electron chi connectivity index (χ2n) is 7.89. The third-order valence-electron chi connectivity index (χ3n) is 5.80. The Morgan fingerprint density at radius 1 is 1.07 bits per heavy atom. The summed E-state index contributed by atoms with van der Waals surface area (Å²) in [6, 6.07) is 12.8. The van der Waals surface area contributed by atoms with Crippen molar-refractivity contribution >= 4 is 10.0 Å². The zero-order valence-electron chi connectivity index (χ0n) is 17.0. The maximum absolute atomic E-state index is 13.6. The lowest BCUT2D eigenvalue weighted by molar-refractivity contribution is 0.305. The molecule has 1 aliphatic rings. The predicted molar refractivity (Wildman–Crippen MR) is 114 cm³/mol. The summed E-state index contributed by atoms with van der Waals surface area (Å²) in [5.74, 6) is -0.318. The van der Waals surface area contributed by atoms with Crippen LogP contribution in [0.1, 0.15) is 42.9 Å². The third kappa shape index (κ3) is 4.32. The van der Waals surface area contributed by atoms with Gasteiger partial charge in [-0.15, -0.1) is 0 Å². The summed E-state index contributed by atoms with van der Waals surface area (Å²) < 4.78 is 44.4. The Morgan fingerprint density at radius 3 is 2.47 bits per heavy atom. The van der Waals surface area contributed by atoms with Gasteiger partial charge in [0.2, 0.25) is 10.0 Å². The van der Waals surface area contributed by atoms with Gasteiger partial charge in [-0.25, -0.2) is 17.8 Å². The van der Waals surface area contributed by atoms with E-state index in [9.17, 15) is 12.8 Å². The highest BCUT2D eigenvalue weighted by molar-refractivity contribution is 7.89. The molecule has 1 saturated heterocycles. The first-order valence-electron chi connectivity index (χ1n) is 10.3. The number of nitrogens with zero attached hydrogens (tertiary/aromatic N) is 3. The van der Waals surface area contributed by atoms with Crippen LogP contribution in [0.5, 0.6) is 0 Å². The molecule has 2 atom stereocenters. The van der Waals surface area contributed by atoms with E-state index in [4.69, 9.17) is 0 Å². The van der Waals surface area contributed by atoms with Crippen LogP contribution in [0.3, 0.4) is 0 Å². The number of rotatable bonds is 7. The van der Waals surface area contributed by atoms with Gasteiger partial charge in [0, 0.05) is 25.0 Å². The van der Waals surface area contributed by atoms with Crippen molar-refractivity contribution in [2.75, 3.05) is 0 Å². The lowest BCUT2D eigenvalue weighted by atomic mass is 10.0. The molecule has 0 bridgehead atoms. The highest BCUT2D eigenvalue weighted by Crippen LogP contribution is 2.42. The number of hydrogen-bond donors (Lipinski definition) is 0. The Hall–Kier alpha value is -2.51. The normalized spacial score (nSPS) is 19.9. The SMILES string of the molecule is Cc1ccc(S(=O)(=O)N2C(CCCn3ccnc3)CCC2c2ccc(F)cc2)cc1. The number of imidazole rings is 1. The molecule has 0 spiro atoms. The Labute approximate surface area is 177 Å². The Kier molecular flexibility index (Phi) is 6.01. The molecule has 3 aromatic rings. The first-order valence-corrected chi connectivity index (χ1v) is 11.7. The topological polar surface area (TPSA) is 55.2 Å². The standard InChI is InChI=1S/C23H26FN3O2S/c1-18-4-11-22(12-5-18)30(28,29)27-21(3-2-15-26-16-14-25-17-26)10-13-23(27)19-6-8-20(24)9-7-19/h4-9,11-12,14,16-17,21,23H,2-3,10,13,15H2,1H3. The fraction of sp³-hybridized carbons (Fsp3) is 0.348. The monoisotopic (exact) mass is 427 g/mol. The van der Waals surface area contributed by atoms with E-state index < -0.39 is 10.0 Å². The fourth-order valence-corrected chi connectivity index (χ4v) is 6.14. The summed E-state index contributed by atoms with van der Waals surface area (Å²) in [6.07, 6.45) is 8.57. The summed E-state index contributed by atoms with van der Waals surface area (Å²) in [7, 11) is -3.68. The molecule has 0 radical (unpaired) electrons. The van der Waals surface area contributed by atoms with Gasteiger partial charge in [0.05, 0.1) is 17.3 Å². The summed E-state index contributed by atoms with van der Waals surface area (Å²) in [5.41, 5.74) is 1.85. The lowest BCUT2D eigenvalue weighted by Gasteiger charge is -2.30. The predicted octanol–water partition coefficient (Wildman–Crippen LogP) is 4.71. The maximum Gasteiger partial charge on any atom is 0.243 e. The number of hydrogen-bond acceptors (Lipinski definition) is 3. The van der Waals surface area contributed by atoms with E-state index in [-0.39, 0.29) is 17.9 Å². The van der Waals surface area contributed by atoms with Gasteiger partial charge < -0.3 is 4.57 Å². The van der Waals surface area contributed by atoms with Crippen LogP contribution >= 0.6 is 0 Å². The van der Waals surface area contributed by atoms with Crippen molar-refractivity contribution in [3.8, 4) is 0 Å². The van der Waals surface area contributed by atoms with Crippen molar-refractivity contribution in [3.63, 3.8) is 0 Å². The van der Waals surface area contributed by atoms with E-state index in [0.717, 1.165) is 43.4 Å². The first-order chi connectivity index (χ1) is 14.4. The van der Waals surface area contributed by atoms with Crippen LogP contribution in [-0.4, -0.2) is 28.3 Å². The number of halogens is 1. The number of aryl methyl sites for hydroxylation is 2. The molecular weight excluding hydrogens is 401 g/mol.